The molecule has 0 spiro atoms. The van der Waals surface area contributed by atoms with Gasteiger partial charge in [0, 0.05) is 51.7 Å². The van der Waals surface area contributed by atoms with E-state index in [0.717, 1.165) is 43.9 Å². The molecule has 1 saturated heterocycles. The Morgan fingerprint density at radius 3 is 2.67 bits per heavy atom. The number of aromatic nitrogens is 2. The molecular weight excluding hydrogens is 344 g/mol. The highest BCUT2D eigenvalue weighted by Gasteiger charge is 2.27. The van der Waals surface area contributed by atoms with Crippen molar-refractivity contribution in [1.82, 2.24) is 15.3 Å². The van der Waals surface area contributed by atoms with Crippen LogP contribution in [0.2, 0.25) is 0 Å². The lowest BCUT2D eigenvalue weighted by Gasteiger charge is -2.32. The number of amides is 1. The predicted octanol–water partition coefficient (Wildman–Crippen LogP) is 2.64. The van der Waals surface area contributed by atoms with Crippen LogP contribution in [0.25, 0.3) is 0 Å². The number of para-hydroxylation sites is 1. The number of hydrogen-bond acceptors (Lipinski definition) is 6. The first-order valence-electron chi connectivity index (χ1n) is 9.33. The van der Waals surface area contributed by atoms with Crippen LogP contribution >= 0.6 is 0 Å². The van der Waals surface area contributed by atoms with E-state index in [1.165, 1.54) is 0 Å². The summed E-state index contributed by atoms with van der Waals surface area (Å²) >= 11 is 0. The molecule has 7 nitrogen and oxygen atoms in total. The molecule has 3 rings (SSSR count). The van der Waals surface area contributed by atoms with E-state index in [1.807, 2.05) is 30.3 Å². The first-order chi connectivity index (χ1) is 13.3. The fourth-order valence-corrected chi connectivity index (χ4v) is 3.13. The number of nitrogens with zero attached hydrogens (tertiary/aromatic N) is 3. The van der Waals surface area contributed by atoms with Gasteiger partial charge in [-0.15, -0.1) is 0 Å². The number of nitrogens with one attached hydrogen (secondary N) is 1. The van der Waals surface area contributed by atoms with E-state index in [9.17, 15) is 4.79 Å². The van der Waals surface area contributed by atoms with Crippen molar-refractivity contribution in [2.45, 2.75) is 19.3 Å². The number of carbonyl (C=O) groups is 1. The number of methoxy groups -OCH3 is 1. The Hall–Kier alpha value is -2.67. The van der Waals surface area contributed by atoms with Crippen molar-refractivity contribution in [3.63, 3.8) is 0 Å². The van der Waals surface area contributed by atoms with Crippen LogP contribution in [0.5, 0.6) is 11.6 Å². The summed E-state index contributed by atoms with van der Waals surface area (Å²) in [6.45, 7) is 2.82. The van der Waals surface area contributed by atoms with Crippen LogP contribution in [0, 0.1) is 5.92 Å². The van der Waals surface area contributed by atoms with Gasteiger partial charge in [0.25, 0.3) is 5.88 Å². The van der Waals surface area contributed by atoms with E-state index in [1.54, 1.807) is 19.5 Å². The molecule has 0 radical (unpaired) electrons. The van der Waals surface area contributed by atoms with Gasteiger partial charge >= 0.3 is 0 Å². The molecule has 0 aliphatic carbocycles. The Kier molecular flexibility index (Phi) is 6.98. The highest BCUT2D eigenvalue weighted by molar-refractivity contribution is 5.79. The molecule has 0 atom stereocenters. The summed E-state index contributed by atoms with van der Waals surface area (Å²) in [6, 6.07) is 9.55. The molecule has 1 amide bonds. The Morgan fingerprint density at radius 2 is 1.93 bits per heavy atom. The SMILES string of the molecule is COCCCNC(=O)C1CCN(c2nccnc2Oc2ccccc2)CC1. The van der Waals surface area contributed by atoms with Crippen LogP contribution < -0.4 is 15.0 Å². The third-order valence-electron chi connectivity index (χ3n) is 4.59. The Balaban J connectivity index is 1.56. The van der Waals surface area contributed by atoms with E-state index in [2.05, 4.69) is 20.2 Å². The van der Waals surface area contributed by atoms with Crippen molar-refractivity contribution < 1.29 is 14.3 Å². The number of benzene rings is 1. The van der Waals surface area contributed by atoms with E-state index in [4.69, 9.17) is 9.47 Å². The molecule has 1 aromatic heterocycles. The van der Waals surface area contributed by atoms with Gasteiger partial charge in [0.05, 0.1) is 0 Å². The van der Waals surface area contributed by atoms with Crippen molar-refractivity contribution in [1.29, 1.82) is 0 Å². The van der Waals surface area contributed by atoms with Crippen LogP contribution in [0.1, 0.15) is 19.3 Å². The molecule has 1 aromatic carbocycles. The molecule has 2 aromatic rings. The summed E-state index contributed by atoms with van der Waals surface area (Å²) in [4.78, 5) is 23.2. The number of ether oxygens (including phenoxy) is 2. The van der Waals surface area contributed by atoms with Gasteiger partial charge in [0.1, 0.15) is 5.75 Å². The zero-order valence-corrected chi connectivity index (χ0v) is 15.6. The fraction of sp³-hybridized carbons (Fsp3) is 0.450. The first kappa shape index (κ1) is 19.1. The second kappa shape index (κ2) is 9.87. The lowest BCUT2D eigenvalue weighted by molar-refractivity contribution is -0.125. The van der Waals surface area contributed by atoms with Gasteiger partial charge in [-0.05, 0) is 31.4 Å². The average Bonchev–Trinajstić information content (AvgIpc) is 2.72. The Labute approximate surface area is 159 Å². The number of piperidine rings is 1. The molecule has 0 unspecified atom stereocenters. The quantitative estimate of drug-likeness (QED) is 0.720. The maximum absolute atomic E-state index is 12.3. The molecule has 144 valence electrons. The van der Waals surface area contributed by atoms with Crippen molar-refractivity contribution in [2.75, 3.05) is 38.3 Å². The third kappa shape index (κ3) is 5.40. The standard InChI is InChI=1S/C20H26N4O3/c1-26-15-5-10-22-19(25)16-8-13-24(14-9-16)18-20(23-12-11-21-18)27-17-6-3-2-4-7-17/h2-4,6-7,11-12,16H,5,8-10,13-15H2,1H3,(H,22,25). The highest BCUT2D eigenvalue weighted by atomic mass is 16.5. The van der Waals surface area contributed by atoms with E-state index >= 15 is 0 Å². The van der Waals surface area contributed by atoms with Gasteiger partial charge in [-0.2, -0.15) is 0 Å². The van der Waals surface area contributed by atoms with Crippen LogP contribution in [0.4, 0.5) is 5.82 Å². The van der Waals surface area contributed by atoms with Gasteiger partial charge in [-0.25, -0.2) is 9.97 Å². The maximum Gasteiger partial charge on any atom is 0.263 e. The maximum atomic E-state index is 12.3. The third-order valence-corrected chi connectivity index (χ3v) is 4.59. The van der Waals surface area contributed by atoms with Gasteiger partial charge in [0.15, 0.2) is 5.82 Å². The van der Waals surface area contributed by atoms with Gasteiger partial charge in [-0.3, -0.25) is 4.79 Å². The fourth-order valence-electron chi connectivity index (χ4n) is 3.13. The van der Waals surface area contributed by atoms with Crippen LogP contribution in [0.3, 0.4) is 0 Å². The Morgan fingerprint density at radius 1 is 1.19 bits per heavy atom. The van der Waals surface area contributed by atoms with E-state index in [-0.39, 0.29) is 11.8 Å². The largest absolute Gasteiger partial charge is 0.436 e. The highest BCUT2D eigenvalue weighted by Crippen LogP contribution is 2.30. The molecule has 2 heterocycles. The number of rotatable bonds is 8. The minimum absolute atomic E-state index is 0.0407. The molecule has 0 bridgehead atoms. The van der Waals surface area contributed by atoms with E-state index in [0.29, 0.717) is 19.0 Å². The molecule has 27 heavy (non-hydrogen) atoms. The summed E-state index contributed by atoms with van der Waals surface area (Å²) in [5, 5.41) is 3.00. The minimum Gasteiger partial charge on any atom is -0.436 e. The molecular formula is C20H26N4O3. The monoisotopic (exact) mass is 370 g/mol. The zero-order valence-electron chi connectivity index (χ0n) is 15.6. The van der Waals surface area contributed by atoms with Crippen molar-refractivity contribution >= 4 is 11.7 Å². The van der Waals surface area contributed by atoms with Crippen molar-refractivity contribution in [3.8, 4) is 11.6 Å². The normalized spacial score (nSPS) is 14.8. The lowest BCUT2D eigenvalue weighted by Crippen LogP contribution is -2.41. The average molecular weight is 370 g/mol. The topological polar surface area (TPSA) is 76.6 Å². The van der Waals surface area contributed by atoms with Crippen molar-refractivity contribution in [2.24, 2.45) is 5.92 Å². The number of hydrogen-bond donors (Lipinski definition) is 1. The van der Waals surface area contributed by atoms with E-state index < -0.39 is 0 Å². The van der Waals surface area contributed by atoms with Gasteiger partial charge < -0.3 is 19.7 Å². The van der Waals surface area contributed by atoms with Gasteiger partial charge in [0.2, 0.25) is 5.91 Å². The first-order valence-corrected chi connectivity index (χ1v) is 9.33. The van der Waals surface area contributed by atoms with Crippen LogP contribution in [0.15, 0.2) is 42.7 Å². The molecule has 1 N–H and O–H groups in total. The number of anilines is 1. The van der Waals surface area contributed by atoms with Gasteiger partial charge in [-0.1, -0.05) is 18.2 Å². The Bertz CT molecular complexity index is 718. The summed E-state index contributed by atoms with van der Waals surface area (Å²) in [5.41, 5.74) is 0. The number of carbonyl (C=O) groups excluding carboxylic acids is 1. The molecule has 0 saturated carbocycles. The predicted molar refractivity (Wildman–Crippen MR) is 103 cm³/mol. The second-order valence-corrected chi connectivity index (χ2v) is 6.50. The van der Waals surface area contributed by atoms with Crippen LogP contribution in [-0.4, -0.2) is 49.2 Å². The lowest BCUT2D eigenvalue weighted by atomic mass is 9.96. The second-order valence-electron chi connectivity index (χ2n) is 6.50. The zero-order chi connectivity index (χ0) is 18.9. The molecule has 1 aliphatic heterocycles. The molecule has 1 aliphatic rings. The van der Waals surface area contributed by atoms with Crippen molar-refractivity contribution in [3.05, 3.63) is 42.7 Å². The summed E-state index contributed by atoms with van der Waals surface area (Å²) in [6.07, 6.45) is 5.71. The van der Waals surface area contributed by atoms with Crippen LogP contribution in [-0.2, 0) is 9.53 Å². The summed E-state index contributed by atoms with van der Waals surface area (Å²) < 4.78 is 10.9. The summed E-state index contributed by atoms with van der Waals surface area (Å²) in [5.74, 6) is 2.11. The molecule has 1 fully saturated rings. The summed E-state index contributed by atoms with van der Waals surface area (Å²) in [7, 11) is 1.67. The molecule has 7 heteroatoms. The minimum atomic E-state index is 0.0407. The smallest absolute Gasteiger partial charge is 0.263 e.